The van der Waals surface area contributed by atoms with Crippen LogP contribution in [-0.4, -0.2) is 27.5 Å². The Kier molecular flexibility index (Phi) is 3.64. The molecule has 5 nitrogen and oxygen atoms in total. The summed E-state index contributed by atoms with van der Waals surface area (Å²) in [7, 11) is 0. The maximum atomic E-state index is 11.7. The van der Waals surface area contributed by atoms with Crippen molar-refractivity contribution in [1.82, 2.24) is 10.3 Å². The second-order valence-electron chi connectivity index (χ2n) is 3.73. The Morgan fingerprint density at radius 1 is 1.50 bits per heavy atom. The van der Waals surface area contributed by atoms with Crippen molar-refractivity contribution in [2.24, 2.45) is 0 Å². The molecule has 0 radical (unpaired) electrons. The van der Waals surface area contributed by atoms with Crippen molar-refractivity contribution in [3.05, 3.63) is 28.5 Å². The first-order valence-electron chi connectivity index (χ1n) is 4.51. The SMILES string of the molecule is CC(C)(NC(=O)c1cccnc1Br)C(=O)O. The first-order valence-corrected chi connectivity index (χ1v) is 5.30. The van der Waals surface area contributed by atoms with Crippen molar-refractivity contribution in [1.29, 1.82) is 0 Å². The Labute approximate surface area is 101 Å². The van der Waals surface area contributed by atoms with Crippen LogP contribution in [0.2, 0.25) is 0 Å². The fourth-order valence-corrected chi connectivity index (χ4v) is 1.39. The molecule has 0 spiro atoms. The number of carboxylic acids is 1. The fraction of sp³-hybridized carbons (Fsp3) is 0.300. The van der Waals surface area contributed by atoms with Crippen LogP contribution in [0.1, 0.15) is 24.2 Å². The van der Waals surface area contributed by atoms with E-state index in [1.54, 1.807) is 12.1 Å². The van der Waals surface area contributed by atoms with E-state index in [-0.39, 0.29) is 0 Å². The molecule has 1 rings (SSSR count). The van der Waals surface area contributed by atoms with Gasteiger partial charge in [-0.15, -0.1) is 0 Å². The molecular formula is C10H11BrN2O3. The standard InChI is InChI=1S/C10H11BrN2O3/c1-10(2,9(15)16)13-8(14)6-4-3-5-12-7(6)11/h3-5H,1-2H3,(H,13,14)(H,15,16). The van der Waals surface area contributed by atoms with Gasteiger partial charge in [0.05, 0.1) is 5.56 Å². The number of carbonyl (C=O) groups is 2. The molecule has 0 aromatic carbocycles. The molecule has 0 aliphatic rings. The number of carbonyl (C=O) groups excluding carboxylic acids is 1. The van der Waals surface area contributed by atoms with Crippen molar-refractivity contribution in [3.8, 4) is 0 Å². The van der Waals surface area contributed by atoms with Gasteiger partial charge in [0.1, 0.15) is 10.1 Å². The van der Waals surface area contributed by atoms with Gasteiger partial charge in [-0.1, -0.05) is 0 Å². The van der Waals surface area contributed by atoms with Crippen LogP contribution in [0.3, 0.4) is 0 Å². The van der Waals surface area contributed by atoms with Crippen molar-refractivity contribution in [2.45, 2.75) is 19.4 Å². The Bertz CT molecular complexity index is 432. The normalized spacial score (nSPS) is 10.9. The third-order valence-corrected chi connectivity index (χ3v) is 2.60. The van der Waals surface area contributed by atoms with Gasteiger partial charge in [-0.05, 0) is 41.9 Å². The van der Waals surface area contributed by atoms with Gasteiger partial charge in [0, 0.05) is 6.20 Å². The minimum atomic E-state index is -1.31. The molecule has 0 aliphatic carbocycles. The Morgan fingerprint density at radius 3 is 2.62 bits per heavy atom. The van der Waals surface area contributed by atoms with Gasteiger partial charge >= 0.3 is 5.97 Å². The van der Waals surface area contributed by atoms with Crippen molar-refractivity contribution < 1.29 is 14.7 Å². The quantitative estimate of drug-likeness (QED) is 0.824. The van der Waals surface area contributed by atoms with E-state index >= 15 is 0 Å². The number of halogens is 1. The van der Waals surface area contributed by atoms with E-state index in [2.05, 4.69) is 26.2 Å². The largest absolute Gasteiger partial charge is 0.480 e. The lowest BCUT2D eigenvalue weighted by atomic mass is 10.1. The van der Waals surface area contributed by atoms with E-state index in [4.69, 9.17) is 5.11 Å². The molecule has 6 heteroatoms. The van der Waals surface area contributed by atoms with Crippen LogP contribution < -0.4 is 5.32 Å². The van der Waals surface area contributed by atoms with Gasteiger partial charge in [-0.2, -0.15) is 0 Å². The first-order chi connectivity index (χ1) is 7.34. The number of nitrogens with one attached hydrogen (secondary N) is 1. The van der Waals surface area contributed by atoms with Crippen molar-refractivity contribution >= 4 is 27.8 Å². The predicted molar refractivity (Wildman–Crippen MR) is 61.1 cm³/mol. The average Bonchev–Trinajstić information content (AvgIpc) is 2.17. The van der Waals surface area contributed by atoms with Crippen LogP contribution in [0.15, 0.2) is 22.9 Å². The summed E-state index contributed by atoms with van der Waals surface area (Å²) < 4.78 is 0.383. The second-order valence-corrected chi connectivity index (χ2v) is 4.48. The Morgan fingerprint density at radius 2 is 2.12 bits per heavy atom. The third kappa shape index (κ3) is 2.79. The van der Waals surface area contributed by atoms with Crippen molar-refractivity contribution in [2.75, 3.05) is 0 Å². The van der Waals surface area contributed by atoms with Crippen LogP contribution in [-0.2, 0) is 4.79 Å². The Hall–Kier alpha value is -1.43. The number of rotatable bonds is 3. The van der Waals surface area contributed by atoms with E-state index in [1.165, 1.54) is 20.0 Å². The summed E-state index contributed by atoms with van der Waals surface area (Å²) >= 11 is 3.12. The summed E-state index contributed by atoms with van der Waals surface area (Å²) in [5, 5.41) is 11.3. The smallest absolute Gasteiger partial charge is 0.328 e. The summed E-state index contributed by atoms with van der Waals surface area (Å²) in [4.78, 5) is 26.5. The number of amides is 1. The van der Waals surface area contributed by atoms with Crippen molar-refractivity contribution in [3.63, 3.8) is 0 Å². The molecule has 1 aromatic heterocycles. The first kappa shape index (κ1) is 12.6. The Balaban J connectivity index is 2.89. The number of nitrogens with zero attached hydrogens (tertiary/aromatic N) is 1. The van der Waals surface area contributed by atoms with Gasteiger partial charge in [-0.3, -0.25) is 4.79 Å². The molecule has 0 saturated heterocycles. The summed E-state index contributed by atoms with van der Waals surface area (Å²) in [6.07, 6.45) is 1.53. The predicted octanol–water partition coefficient (Wildman–Crippen LogP) is 1.44. The summed E-state index contributed by atoms with van der Waals surface area (Å²) in [6, 6.07) is 3.16. The molecule has 1 aromatic rings. The molecule has 86 valence electrons. The minimum Gasteiger partial charge on any atom is -0.480 e. The summed E-state index contributed by atoms with van der Waals surface area (Å²) in [5.74, 6) is -1.58. The fourth-order valence-electron chi connectivity index (χ4n) is 0.960. The number of pyridine rings is 1. The minimum absolute atomic E-state index is 0.303. The number of hydrogen-bond acceptors (Lipinski definition) is 3. The van der Waals surface area contributed by atoms with Gasteiger partial charge in [0.25, 0.3) is 5.91 Å². The zero-order chi connectivity index (χ0) is 12.3. The van der Waals surface area contributed by atoms with E-state index in [0.717, 1.165) is 0 Å². The number of aliphatic carboxylic acids is 1. The molecular weight excluding hydrogens is 276 g/mol. The maximum Gasteiger partial charge on any atom is 0.328 e. The van der Waals surface area contributed by atoms with E-state index in [0.29, 0.717) is 10.2 Å². The monoisotopic (exact) mass is 286 g/mol. The molecule has 0 atom stereocenters. The van der Waals surface area contributed by atoms with Gasteiger partial charge in [0.2, 0.25) is 0 Å². The lowest BCUT2D eigenvalue weighted by Gasteiger charge is -2.21. The molecule has 1 heterocycles. The van der Waals surface area contributed by atoms with Crippen LogP contribution >= 0.6 is 15.9 Å². The second kappa shape index (κ2) is 4.61. The maximum absolute atomic E-state index is 11.7. The molecule has 0 unspecified atom stereocenters. The van der Waals surface area contributed by atoms with Crippen LogP contribution in [0.25, 0.3) is 0 Å². The molecule has 0 saturated carbocycles. The average molecular weight is 287 g/mol. The lowest BCUT2D eigenvalue weighted by molar-refractivity contribution is -0.143. The van der Waals surface area contributed by atoms with Gasteiger partial charge in [-0.25, -0.2) is 9.78 Å². The molecule has 0 bridgehead atoms. The molecule has 2 N–H and O–H groups in total. The zero-order valence-electron chi connectivity index (χ0n) is 8.82. The number of aromatic nitrogens is 1. The molecule has 0 fully saturated rings. The highest BCUT2D eigenvalue weighted by atomic mass is 79.9. The topological polar surface area (TPSA) is 79.3 Å². The van der Waals surface area contributed by atoms with E-state index in [1.807, 2.05) is 0 Å². The zero-order valence-corrected chi connectivity index (χ0v) is 10.4. The molecule has 16 heavy (non-hydrogen) atoms. The highest BCUT2D eigenvalue weighted by Gasteiger charge is 2.29. The molecule has 1 amide bonds. The van der Waals surface area contributed by atoms with Gasteiger partial charge in [0.15, 0.2) is 0 Å². The summed E-state index contributed by atoms with van der Waals surface area (Å²) in [5.41, 5.74) is -1.01. The highest BCUT2D eigenvalue weighted by Crippen LogP contribution is 2.13. The summed E-state index contributed by atoms with van der Waals surface area (Å²) in [6.45, 7) is 2.83. The van der Waals surface area contributed by atoms with E-state index in [9.17, 15) is 9.59 Å². The van der Waals surface area contributed by atoms with Crippen LogP contribution in [0.4, 0.5) is 0 Å². The lowest BCUT2D eigenvalue weighted by Crippen LogP contribution is -2.49. The highest BCUT2D eigenvalue weighted by molar-refractivity contribution is 9.10. The number of hydrogen-bond donors (Lipinski definition) is 2. The van der Waals surface area contributed by atoms with E-state index < -0.39 is 17.4 Å². The van der Waals surface area contributed by atoms with Gasteiger partial charge < -0.3 is 10.4 Å². The third-order valence-electron chi connectivity index (χ3n) is 1.96. The molecule has 0 aliphatic heterocycles. The number of carboxylic acid groups (broad SMARTS) is 1. The van der Waals surface area contributed by atoms with Crippen LogP contribution in [0, 0.1) is 0 Å². The van der Waals surface area contributed by atoms with Crippen LogP contribution in [0.5, 0.6) is 0 Å².